The molecule has 0 radical (unpaired) electrons. The zero-order chi connectivity index (χ0) is 16.9. The lowest BCUT2D eigenvalue weighted by Crippen LogP contribution is -2.30. The topological polar surface area (TPSA) is 68.7 Å². The Morgan fingerprint density at radius 3 is 2.48 bits per heavy atom. The molecule has 6 nitrogen and oxygen atoms in total. The highest BCUT2D eigenvalue weighted by Crippen LogP contribution is 2.32. The second kappa shape index (κ2) is 7.56. The second-order valence-electron chi connectivity index (χ2n) is 4.50. The quantitative estimate of drug-likeness (QED) is 0.712. The van der Waals surface area contributed by atoms with Gasteiger partial charge in [-0.15, -0.1) is 11.8 Å². The molecular weight excluding hydrogens is 336 g/mol. The first-order chi connectivity index (χ1) is 11.0. The third-order valence-electron chi connectivity index (χ3n) is 3.12. The number of sulfonamides is 1. The predicted molar refractivity (Wildman–Crippen MR) is 91.8 cm³/mol. The summed E-state index contributed by atoms with van der Waals surface area (Å²) in [5.41, 5.74) is 0.511. The fourth-order valence-electron chi connectivity index (χ4n) is 2.01. The lowest BCUT2D eigenvalue weighted by atomic mass is 10.3. The van der Waals surface area contributed by atoms with E-state index >= 15 is 0 Å². The highest BCUT2D eigenvalue weighted by atomic mass is 32.2. The van der Waals surface area contributed by atoms with E-state index in [-0.39, 0.29) is 10.8 Å². The van der Waals surface area contributed by atoms with Gasteiger partial charge >= 0.3 is 0 Å². The minimum atomic E-state index is -3.74. The smallest absolute Gasteiger partial charge is 0.265 e. The number of thioether (sulfide) groups is 1. The van der Waals surface area contributed by atoms with Crippen molar-refractivity contribution in [3.8, 4) is 11.5 Å². The zero-order valence-corrected chi connectivity index (χ0v) is 14.7. The summed E-state index contributed by atoms with van der Waals surface area (Å²) < 4.78 is 37.6. The number of ether oxygens (including phenoxy) is 2. The summed E-state index contributed by atoms with van der Waals surface area (Å²) in [6.45, 7) is 0. The Morgan fingerprint density at radius 2 is 1.91 bits per heavy atom. The van der Waals surface area contributed by atoms with Crippen molar-refractivity contribution in [3.05, 3.63) is 42.7 Å². The minimum Gasteiger partial charge on any atom is -0.493 e. The molecule has 1 aromatic carbocycles. The molecule has 0 unspecified atom stereocenters. The average Bonchev–Trinajstić information content (AvgIpc) is 2.59. The van der Waals surface area contributed by atoms with Crippen LogP contribution in [0.15, 0.2) is 47.6 Å². The van der Waals surface area contributed by atoms with Crippen LogP contribution in [0, 0.1) is 0 Å². The molecule has 0 bridgehead atoms. The molecule has 0 fully saturated rings. The molecule has 0 saturated heterocycles. The van der Waals surface area contributed by atoms with Gasteiger partial charge in [0, 0.05) is 12.3 Å². The number of aromatic nitrogens is 1. The van der Waals surface area contributed by atoms with Crippen LogP contribution < -0.4 is 13.8 Å². The van der Waals surface area contributed by atoms with Crippen LogP contribution in [0.4, 0.5) is 5.69 Å². The van der Waals surface area contributed by atoms with E-state index in [4.69, 9.17) is 9.47 Å². The molecule has 0 atom stereocenters. The van der Waals surface area contributed by atoms with Crippen LogP contribution in [-0.4, -0.2) is 39.8 Å². The number of pyridine rings is 1. The molecule has 0 aliphatic heterocycles. The maximum Gasteiger partial charge on any atom is 0.265 e. The maximum absolute atomic E-state index is 13.0. The van der Waals surface area contributed by atoms with E-state index in [2.05, 4.69) is 4.98 Å². The Balaban J connectivity index is 2.50. The number of methoxy groups -OCH3 is 2. The Kier molecular flexibility index (Phi) is 5.73. The van der Waals surface area contributed by atoms with E-state index in [1.165, 1.54) is 48.6 Å². The summed E-state index contributed by atoms with van der Waals surface area (Å²) in [4.78, 5) is 4.13. The van der Waals surface area contributed by atoms with Crippen molar-refractivity contribution in [2.24, 2.45) is 0 Å². The van der Waals surface area contributed by atoms with Crippen LogP contribution in [-0.2, 0) is 10.0 Å². The van der Waals surface area contributed by atoms with Gasteiger partial charge < -0.3 is 9.47 Å². The van der Waals surface area contributed by atoms with Gasteiger partial charge in [-0.1, -0.05) is 0 Å². The Labute approximate surface area is 140 Å². The molecule has 8 heteroatoms. The van der Waals surface area contributed by atoms with E-state index in [0.717, 1.165) is 0 Å². The van der Waals surface area contributed by atoms with Gasteiger partial charge in [-0.3, -0.25) is 9.29 Å². The lowest BCUT2D eigenvalue weighted by molar-refractivity contribution is 0.354. The monoisotopic (exact) mass is 354 g/mol. The summed E-state index contributed by atoms with van der Waals surface area (Å²) in [6.07, 6.45) is 4.96. The van der Waals surface area contributed by atoms with Crippen molar-refractivity contribution >= 4 is 27.5 Å². The summed E-state index contributed by atoms with van der Waals surface area (Å²) in [6, 6.07) is 7.94. The van der Waals surface area contributed by atoms with Gasteiger partial charge in [0.05, 0.1) is 36.9 Å². The molecule has 0 saturated carbocycles. The molecule has 124 valence electrons. The minimum absolute atomic E-state index is 0.132. The molecular formula is C15H18N2O4S2. The lowest BCUT2D eigenvalue weighted by Gasteiger charge is -2.23. The van der Waals surface area contributed by atoms with Crippen molar-refractivity contribution in [1.82, 2.24) is 4.98 Å². The van der Waals surface area contributed by atoms with Gasteiger partial charge in [-0.2, -0.15) is 0 Å². The van der Waals surface area contributed by atoms with Crippen molar-refractivity contribution in [2.75, 3.05) is 30.7 Å². The Hall–Kier alpha value is -1.93. The first-order valence-electron chi connectivity index (χ1n) is 6.68. The number of nitrogens with zero attached hydrogens (tertiary/aromatic N) is 2. The van der Waals surface area contributed by atoms with Crippen molar-refractivity contribution in [2.45, 2.75) is 4.90 Å². The van der Waals surface area contributed by atoms with Crippen molar-refractivity contribution < 1.29 is 17.9 Å². The molecule has 1 heterocycles. The fourth-order valence-corrected chi connectivity index (χ4v) is 4.40. The van der Waals surface area contributed by atoms with Crippen LogP contribution in [0.5, 0.6) is 11.5 Å². The van der Waals surface area contributed by atoms with Crippen LogP contribution in [0.3, 0.4) is 0 Å². The number of hydrogen-bond acceptors (Lipinski definition) is 6. The average molecular weight is 354 g/mol. The maximum atomic E-state index is 13.0. The molecule has 2 aromatic rings. The molecule has 0 amide bonds. The van der Waals surface area contributed by atoms with Gasteiger partial charge in [-0.25, -0.2) is 8.42 Å². The number of anilines is 1. The molecule has 23 heavy (non-hydrogen) atoms. The van der Waals surface area contributed by atoms with E-state index in [1.54, 1.807) is 24.4 Å². The van der Waals surface area contributed by atoms with Gasteiger partial charge in [0.2, 0.25) is 0 Å². The summed E-state index contributed by atoms with van der Waals surface area (Å²) in [5, 5.41) is 0. The standard InChI is InChI=1S/C15H18N2O4S2/c1-20-14-7-6-13(9-15(14)21-2)23(18,19)17(11-22-3)12-5-4-8-16-10-12/h4-10H,11H2,1-3H3. The molecule has 0 aliphatic carbocycles. The third kappa shape index (κ3) is 3.70. The number of benzene rings is 1. The molecule has 0 aliphatic rings. The Bertz CT molecular complexity index is 751. The van der Waals surface area contributed by atoms with Crippen LogP contribution in [0.25, 0.3) is 0 Å². The van der Waals surface area contributed by atoms with Crippen molar-refractivity contribution in [3.63, 3.8) is 0 Å². The Morgan fingerprint density at radius 1 is 1.17 bits per heavy atom. The van der Waals surface area contributed by atoms with Gasteiger partial charge in [0.15, 0.2) is 11.5 Å². The summed E-state index contributed by atoms with van der Waals surface area (Å²) >= 11 is 1.41. The predicted octanol–water partition coefficient (Wildman–Crippen LogP) is 2.61. The van der Waals surface area contributed by atoms with Crippen LogP contribution >= 0.6 is 11.8 Å². The van der Waals surface area contributed by atoms with E-state index in [1.807, 2.05) is 6.26 Å². The van der Waals surface area contributed by atoms with Crippen LogP contribution in [0.2, 0.25) is 0 Å². The first-order valence-corrected chi connectivity index (χ1v) is 9.51. The normalized spacial score (nSPS) is 11.1. The van der Waals surface area contributed by atoms with Gasteiger partial charge in [0.1, 0.15) is 0 Å². The summed E-state index contributed by atoms with van der Waals surface area (Å²) in [5.74, 6) is 1.12. The second-order valence-corrected chi connectivity index (χ2v) is 7.20. The SMILES string of the molecule is COc1ccc(S(=O)(=O)N(CSC)c2cccnc2)cc1OC. The molecule has 0 N–H and O–H groups in total. The summed E-state index contributed by atoms with van der Waals surface area (Å²) in [7, 11) is -0.768. The largest absolute Gasteiger partial charge is 0.493 e. The van der Waals surface area contributed by atoms with Gasteiger partial charge in [-0.05, 0) is 30.5 Å². The molecule has 0 spiro atoms. The zero-order valence-electron chi connectivity index (χ0n) is 13.1. The molecule has 2 rings (SSSR count). The number of hydrogen-bond donors (Lipinski definition) is 0. The fraction of sp³-hybridized carbons (Fsp3) is 0.267. The van der Waals surface area contributed by atoms with E-state index in [9.17, 15) is 8.42 Å². The van der Waals surface area contributed by atoms with E-state index < -0.39 is 10.0 Å². The highest BCUT2D eigenvalue weighted by molar-refractivity contribution is 8.00. The number of rotatable bonds is 7. The molecule has 1 aromatic heterocycles. The van der Waals surface area contributed by atoms with Gasteiger partial charge in [0.25, 0.3) is 10.0 Å². The van der Waals surface area contributed by atoms with Crippen LogP contribution in [0.1, 0.15) is 0 Å². The first kappa shape index (κ1) is 17.4. The van der Waals surface area contributed by atoms with E-state index in [0.29, 0.717) is 17.2 Å². The third-order valence-corrected chi connectivity index (χ3v) is 5.57. The highest BCUT2D eigenvalue weighted by Gasteiger charge is 2.26. The van der Waals surface area contributed by atoms with Crippen molar-refractivity contribution in [1.29, 1.82) is 0 Å².